The summed E-state index contributed by atoms with van der Waals surface area (Å²) in [4.78, 5) is 4.47. The summed E-state index contributed by atoms with van der Waals surface area (Å²) in [7, 11) is 2.72. The Morgan fingerprint density at radius 2 is 1.86 bits per heavy atom. The van der Waals surface area contributed by atoms with E-state index in [4.69, 9.17) is 9.47 Å². The van der Waals surface area contributed by atoms with Gasteiger partial charge in [0.1, 0.15) is 0 Å². The zero-order valence-electron chi connectivity index (χ0n) is 17.4. The molecule has 0 saturated carbocycles. The van der Waals surface area contributed by atoms with Crippen LogP contribution in [0.3, 0.4) is 0 Å². The molecule has 0 aliphatic rings. The highest BCUT2D eigenvalue weighted by Gasteiger charge is 2.20. The molecule has 0 amide bonds. The molecule has 2 aromatic carbocycles. The van der Waals surface area contributed by atoms with Gasteiger partial charge in [-0.25, -0.2) is 12.7 Å². The van der Waals surface area contributed by atoms with Crippen LogP contribution in [0.25, 0.3) is 0 Å². The first-order chi connectivity index (χ1) is 13.8. The largest absolute Gasteiger partial charge is 0.493 e. The number of hydrogen-bond acceptors (Lipinski definition) is 5. The molecule has 29 heavy (non-hydrogen) atoms. The average Bonchev–Trinajstić information content (AvgIpc) is 2.71. The second-order valence-electron chi connectivity index (χ2n) is 6.24. The Balaban J connectivity index is 2.16. The minimum absolute atomic E-state index is 0.260. The molecule has 0 aliphatic heterocycles. The van der Waals surface area contributed by atoms with E-state index in [0.717, 1.165) is 5.69 Å². The standard InChI is InChI=1S/C20H28N4O4S/c1-6-28-18-13-16(11-12-17(18)27-5)23-20(21-2)22-14-15-9-7-8-10-19(15)29(25,26)24(3)4/h7-13H,6,14H2,1-5H3,(H2,21,22,23). The maximum atomic E-state index is 12.5. The van der Waals surface area contributed by atoms with Gasteiger partial charge in [-0.3, -0.25) is 4.99 Å². The van der Waals surface area contributed by atoms with Gasteiger partial charge in [0.05, 0.1) is 18.6 Å². The van der Waals surface area contributed by atoms with Crippen LogP contribution < -0.4 is 20.1 Å². The van der Waals surface area contributed by atoms with Gasteiger partial charge in [-0.2, -0.15) is 0 Å². The molecular weight excluding hydrogens is 392 g/mol. The van der Waals surface area contributed by atoms with Gasteiger partial charge in [0.25, 0.3) is 0 Å². The quantitative estimate of drug-likeness (QED) is 0.504. The van der Waals surface area contributed by atoms with E-state index in [1.54, 1.807) is 44.5 Å². The van der Waals surface area contributed by atoms with Crippen molar-refractivity contribution >= 4 is 21.7 Å². The second kappa shape index (κ2) is 10.1. The van der Waals surface area contributed by atoms with Crippen molar-refractivity contribution in [3.8, 4) is 11.5 Å². The number of benzene rings is 2. The first-order valence-electron chi connectivity index (χ1n) is 9.12. The summed E-state index contributed by atoms with van der Waals surface area (Å²) in [5, 5.41) is 6.32. The van der Waals surface area contributed by atoms with Gasteiger partial charge >= 0.3 is 0 Å². The number of sulfonamides is 1. The van der Waals surface area contributed by atoms with E-state index >= 15 is 0 Å². The molecule has 0 bridgehead atoms. The Bertz CT molecular complexity index is 959. The Hall–Kier alpha value is -2.78. The number of methoxy groups -OCH3 is 1. The van der Waals surface area contributed by atoms with Crippen molar-refractivity contribution in [3.05, 3.63) is 48.0 Å². The summed E-state index contributed by atoms with van der Waals surface area (Å²) < 4.78 is 37.2. The number of guanidine groups is 1. The van der Waals surface area contributed by atoms with Crippen molar-refractivity contribution in [2.75, 3.05) is 40.2 Å². The highest BCUT2D eigenvalue weighted by atomic mass is 32.2. The van der Waals surface area contributed by atoms with Crippen LogP contribution in [0.15, 0.2) is 52.4 Å². The van der Waals surface area contributed by atoms with Crippen molar-refractivity contribution in [1.29, 1.82) is 0 Å². The molecule has 2 N–H and O–H groups in total. The number of hydrogen-bond donors (Lipinski definition) is 2. The molecule has 0 spiro atoms. The Morgan fingerprint density at radius 1 is 1.14 bits per heavy atom. The molecule has 9 heteroatoms. The lowest BCUT2D eigenvalue weighted by Gasteiger charge is -2.17. The second-order valence-corrected chi connectivity index (χ2v) is 8.36. The number of rotatable bonds is 8. The summed E-state index contributed by atoms with van der Waals surface area (Å²) in [6.45, 7) is 2.71. The molecule has 0 fully saturated rings. The number of nitrogens with zero attached hydrogens (tertiary/aromatic N) is 2. The lowest BCUT2D eigenvalue weighted by molar-refractivity contribution is 0.311. The van der Waals surface area contributed by atoms with Crippen LogP contribution in [0.1, 0.15) is 12.5 Å². The molecule has 0 unspecified atom stereocenters. The van der Waals surface area contributed by atoms with Crippen LogP contribution in [-0.4, -0.2) is 53.5 Å². The van der Waals surface area contributed by atoms with E-state index in [1.807, 2.05) is 19.1 Å². The molecule has 0 atom stereocenters. The van der Waals surface area contributed by atoms with Crippen molar-refractivity contribution in [3.63, 3.8) is 0 Å². The lowest BCUT2D eigenvalue weighted by atomic mass is 10.2. The maximum absolute atomic E-state index is 12.5. The van der Waals surface area contributed by atoms with Gasteiger partial charge in [-0.1, -0.05) is 18.2 Å². The van der Waals surface area contributed by atoms with Crippen LogP contribution in [-0.2, 0) is 16.6 Å². The molecule has 0 aromatic heterocycles. The van der Waals surface area contributed by atoms with Crippen LogP contribution in [0.5, 0.6) is 11.5 Å². The van der Waals surface area contributed by atoms with Gasteiger partial charge < -0.3 is 20.1 Å². The highest BCUT2D eigenvalue weighted by Crippen LogP contribution is 2.30. The maximum Gasteiger partial charge on any atom is 0.242 e. The summed E-state index contributed by atoms with van der Waals surface area (Å²) in [6.07, 6.45) is 0. The van der Waals surface area contributed by atoms with Crippen molar-refractivity contribution in [2.45, 2.75) is 18.4 Å². The third-order valence-electron chi connectivity index (χ3n) is 4.13. The Kier molecular flexibility index (Phi) is 7.86. The Labute approximate surface area is 172 Å². The van der Waals surface area contributed by atoms with Crippen molar-refractivity contribution in [1.82, 2.24) is 9.62 Å². The smallest absolute Gasteiger partial charge is 0.242 e. The summed E-state index contributed by atoms with van der Waals surface area (Å²) >= 11 is 0. The molecule has 2 aromatic rings. The van der Waals surface area contributed by atoms with Crippen molar-refractivity contribution in [2.24, 2.45) is 4.99 Å². The van der Waals surface area contributed by atoms with Crippen LogP contribution >= 0.6 is 0 Å². The average molecular weight is 421 g/mol. The molecule has 0 radical (unpaired) electrons. The van der Waals surface area contributed by atoms with E-state index in [1.165, 1.54) is 18.4 Å². The van der Waals surface area contributed by atoms with Gasteiger partial charge in [0, 0.05) is 39.4 Å². The van der Waals surface area contributed by atoms with E-state index in [2.05, 4.69) is 15.6 Å². The van der Waals surface area contributed by atoms with Gasteiger partial charge in [-0.05, 0) is 30.7 Å². The van der Waals surface area contributed by atoms with Crippen LogP contribution in [0, 0.1) is 0 Å². The molecule has 0 aliphatic carbocycles. The first kappa shape index (κ1) is 22.5. The summed E-state index contributed by atoms with van der Waals surface area (Å²) in [6, 6.07) is 12.4. The lowest BCUT2D eigenvalue weighted by Crippen LogP contribution is -2.31. The number of nitrogens with one attached hydrogen (secondary N) is 2. The monoisotopic (exact) mass is 420 g/mol. The van der Waals surface area contributed by atoms with E-state index in [9.17, 15) is 8.42 Å². The third-order valence-corrected chi connectivity index (χ3v) is 6.04. The third kappa shape index (κ3) is 5.61. The summed E-state index contributed by atoms with van der Waals surface area (Å²) in [5.41, 5.74) is 1.41. The molecule has 8 nitrogen and oxygen atoms in total. The molecule has 2 rings (SSSR count). The minimum Gasteiger partial charge on any atom is -0.493 e. The van der Waals surface area contributed by atoms with Crippen LogP contribution in [0.4, 0.5) is 5.69 Å². The number of aliphatic imine (C=N–C) groups is 1. The molecule has 0 heterocycles. The predicted molar refractivity (Wildman–Crippen MR) is 115 cm³/mol. The fourth-order valence-electron chi connectivity index (χ4n) is 2.62. The molecule has 158 valence electrons. The summed E-state index contributed by atoms with van der Waals surface area (Å²) in [5.74, 6) is 1.76. The van der Waals surface area contributed by atoms with Gasteiger partial charge in [-0.15, -0.1) is 0 Å². The van der Waals surface area contributed by atoms with E-state index in [-0.39, 0.29) is 11.4 Å². The van der Waals surface area contributed by atoms with Gasteiger partial charge in [0.2, 0.25) is 10.0 Å². The highest BCUT2D eigenvalue weighted by molar-refractivity contribution is 7.89. The van der Waals surface area contributed by atoms with Crippen molar-refractivity contribution < 1.29 is 17.9 Å². The van der Waals surface area contributed by atoms with Crippen LogP contribution in [0.2, 0.25) is 0 Å². The molecule has 0 saturated heterocycles. The minimum atomic E-state index is -3.54. The van der Waals surface area contributed by atoms with E-state index in [0.29, 0.717) is 29.6 Å². The number of anilines is 1. The number of ether oxygens (including phenoxy) is 2. The topological polar surface area (TPSA) is 92.3 Å². The zero-order chi connectivity index (χ0) is 21.4. The Morgan fingerprint density at radius 3 is 2.48 bits per heavy atom. The molecular formula is C20H28N4O4S. The zero-order valence-corrected chi connectivity index (χ0v) is 18.2. The SMILES string of the molecule is CCOc1cc(NC(=NC)NCc2ccccc2S(=O)(=O)N(C)C)ccc1OC. The first-order valence-corrected chi connectivity index (χ1v) is 10.6. The predicted octanol–water partition coefficient (Wildman–Crippen LogP) is 2.53. The van der Waals surface area contributed by atoms with E-state index < -0.39 is 10.0 Å². The fourth-order valence-corrected chi connectivity index (χ4v) is 3.73. The normalized spacial score (nSPS) is 12.0. The fraction of sp³-hybridized carbons (Fsp3) is 0.350. The van der Waals surface area contributed by atoms with Gasteiger partial charge in [0.15, 0.2) is 17.5 Å².